The van der Waals surface area contributed by atoms with Crippen molar-refractivity contribution in [2.75, 3.05) is 37.6 Å². The van der Waals surface area contributed by atoms with E-state index in [9.17, 15) is 9.18 Å². The topological polar surface area (TPSA) is 65.7 Å². The number of likely N-dealkylation sites (tertiary alicyclic amines) is 1. The normalized spacial score (nSPS) is 19.8. The molecule has 2 aliphatic rings. The van der Waals surface area contributed by atoms with Gasteiger partial charge in [-0.2, -0.15) is 0 Å². The molecule has 9 heteroatoms. The van der Waals surface area contributed by atoms with Gasteiger partial charge in [-0.25, -0.2) is 14.4 Å². The fourth-order valence-electron chi connectivity index (χ4n) is 4.34. The smallest absolute Gasteiger partial charge is 0.276 e. The first-order valence-electron chi connectivity index (χ1n) is 10.6. The van der Waals surface area contributed by atoms with E-state index in [4.69, 9.17) is 4.42 Å². The van der Waals surface area contributed by atoms with Crippen LogP contribution in [0.5, 0.6) is 0 Å². The van der Waals surface area contributed by atoms with Crippen LogP contribution in [-0.4, -0.2) is 58.4 Å². The summed E-state index contributed by atoms with van der Waals surface area (Å²) in [6.45, 7) is 4.27. The van der Waals surface area contributed by atoms with Crippen LogP contribution in [0, 0.1) is 5.82 Å². The molecular formula is C22H24FN5O2S. The quantitative estimate of drug-likeness (QED) is 0.603. The zero-order valence-electron chi connectivity index (χ0n) is 17.1. The molecule has 3 aromatic rings. The number of aromatic nitrogens is 2. The Morgan fingerprint density at radius 2 is 2.03 bits per heavy atom. The Hall–Kier alpha value is -2.78. The fourth-order valence-corrected chi connectivity index (χ4v) is 5.13. The van der Waals surface area contributed by atoms with Gasteiger partial charge in [0, 0.05) is 44.3 Å². The molecule has 0 radical (unpaired) electrons. The maximum absolute atomic E-state index is 14.0. The van der Waals surface area contributed by atoms with Gasteiger partial charge < -0.3 is 14.2 Å². The largest absolute Gasteiger partial charge is 0.447 e. The first-order chi connectivity index (χ1) is 15.2. The van der Waals surface area contributed by atoms with E-state index in [1.807, 2.05) is 22.4 Å². The van der Waals surface area contributed by atoms with E-state index in [1.165, 1.54) is 12.3 Å². The van der Waals surface area contributed by atoms with E-state index < -0.39 is 0 Å². The number of benzene rings is 1. The summed E-state index contributed by atoms with van der Waals surface area (Å²) < 4.78 is 19.6. The summed E-state index contributed by atoms with van der Waals surface area (Å²) >= 11 is 1.58. The van der Waals surface area contributed by atoms with E-state index in [0.29, 0.717) is 30.4 Å². The minimum atomic E-state index is -0.190. The lowest BCUT2D eigenvalue weighted by molar-refractivity contribution is 0.0729. The van der Waals surface area contributed by atoms with Crippen LogP contribution in [0.15, 0.2) is 46.5 Å². The number of nitrogens with zero attached hydrogens (tertiary/aromatic N) is 5. The Bertz CT molecular complexity index is 1030. The highest BCUT2D eigenvalue weighted by atomic mass is 32.1. The maximum atomic E-state index is 14.0. The zero-order valence-corrected chi connectivity index (χ0v) is 17.9. The molecule has 162 valence electrons. The molecule has 0 aliphatic carbocycles. The molecule has 2 fully saturated rings. The van der Waals surface area contributed by atoms with E-state index in [1.54, 1.807) is 23.6 Å². The molecule has 0 N–H and O–H groups in total. The lowest BCUT2D eigenvalue weighted by Gasteiger charge is -2.35. The van der Waals surface area contributed by atoms with Crippen molar-refractivity contribution in [3.63, 3.8) is 0 Å². The number of thiazole rings is 1. The monoisotopic (exact) mass is 441 g/mol. The van der Waals surface area contributed by atoms with Gasteiger partial charge >= 0.3 is 0 Å². The number of oxazole rings is 1. The second kappa shape index (κ2) is 8.76. The minimum absolute atomic E-state index is 0.0270. The van der Waals surface area contributed by atoms with Crippen molar-refractivity contribution in [1.29, 1.82) is 0 Å². The number of hydrogen-bond acceptors (Lipinski definition) is 7. The van der Waals surface area contributed by atoms with Crippen molar-refractivity contribution in [3.8, 4) is 0 Å². The molecule has 4 heterocycles. The molecule has 0 unspecified atom stereocenters. The van der Waals surface area contributed by atoms with Crippen molar-refractivity contribution in [1.82, 2.24) is 19.8 Å². The Labute approximate surface area is 184 Å². The molecule has 2 aliphatic heterocycles. The predicted molar refractivity (Wildman–Crippen MR) is 116 cm³/mol. The van der Waals surface area contributed by atoms with Crippen LogP contribution in [-0.2, 0) is 6.54 Å². The minimum Gasteiger partial charge on any atom is -0.447 e. The number of hydrogen-bond donors (Lipinski definition) is 0. The maximum Gasteiger partial charge on any atom is 0.276 e. The summed E-state index contributed by atoms with van der Waals surface area (Å²) in [7, 11) is 0. The molecule has 0 saturated carbocycles. The van der Waals surface area contributed by atoms with Crippen LogP contribution >= 0.6 is 11.3 Å². The van der Waals surface area contributed by atoms with Gasteiger partial charge in [-0.05, 0) is 25.0 Å². The van der Waals surface area contributed by atoms with E-state index in [0.717, 1.165) is 44.0 Å². The van der Waals surface area contributed by atoms with Crippen molar-refractivity contribution in [2.24, 2.45) is 0 Å². The fraction of sp³-hybridized carbons (Fsp3) is 0.409. The second-order valence-electron chi connectivity index (χ2n) is 7.87. The summed E-state index contributed by atoms with van der Waals surface area (Å²) in [6.07, 6.45) is 5.13. The Balaban J connectivity index is 1.19. The van der Waals surface area contributed by atoms with Crippen LogP contribution in [0.4, 0.5) is 10.1 Å². The highest BCUT2D eigenvalue weighted by Gasteiger charge is 2.33. The van der Waals surface area contributed by atoms with E-state index >= 15 is 0 Å². The number of anilines is 1. The third-order valence-electron chi connectivity index (χ3n) is 5.95. The lowest BCUT2D eigenvalue weighted by atomic mass is 10.2. The van der Waals surface area contributed by atoms with Gasteiger partial charge in [0.2, 0.25) is 5.89 Å². The number of rotatable bonds is 5. The number of halogens is 1. The average molecular weight is 442 g/mol. The average Bonchev–Trinajstić information content (AvgIpc) is 3.55. The van der Waals surface area contributed by atoms with Crippen molar-refractivity contribution >= 4 is 22.9 Å². The molecule has 2 aromatic heterocycles. The number of carbonyl (C=O) groups excluding carboxylic acids is 1. The van der Waals surface area contributed by atoms with Gasteiger partial charge in [-0.1, -0.05) is 12.1 Å². The first-order valence-corrected chi connectivity index (χ1v) is 11.4. The van der Waals surface area contributed by atoms with Crippen molar-refractivity contribution < 1.29 is 13.6 Å². The molecule has 0 bridgehead atoms. The summed E-state index contributed by atoms with van der Waals surface area (Å²) in [5, 5.41) is 2.92. The van der Waals surface area contributed by atoms with E-state index in [-0.39, 0.29) is 17.8 Å². The molecule has 0 spiro atoms. The van der Waals surface area contributed by atoms with Crippen LogP contribution in [0.1, 0.15) is 40.3 Å². The number of carbonyl (C=O) groups is 1. The summed E-state index contributed by atoms with van der Waals surface area (Å²) in [5.41, 5.74) is 0.995. The molecule has 1 atom stereocenters. The van der Waals surface area contributed by atoms with Gasteiger partial charge in [0.05, 0.1) is 18.3 Å². The summed E-state index contributed by atoms with van der Waals surface area (Å²) in [4.78, 5) is 28.0. The highest BCUT2D eigenvalue weighted by molar-refractivity contribution is 7.09. The molecule has 2 saturated heterocycles. The number of amides is 1. The van der Waals surface area contributed by atoms with Gasteiger partial charge in [0.25, 0.3) is 5.91 Å². The standard InChI is InChI=1S/C22H24FN5O2S/c23-16-4-1-2-5-18(16)27-11-9-26(10-12-27)14-20-25-17(15-30-20)22(29)28-8-3-6-19(28)21-24-7-13-31-21/h1-2,4-5,7,13,15,19H,3,6,8-12,14H2/t19-/m1/s1. The summed E-state index contributed by atoms with van der Waals surface area (Å²) in [6, 6.07) is 6.90. The molecule has 1 aromatic carbocycles. The molecular weight excluding hydrogens is 417 g/mol. The van der Waals surface area contributed by atoms with Crippen LogP contribution < -0.4 is 4.90 Å². The molecule has 31 heavy (non-hydrogen) atoms. The van der Waals surface area contributed by atoms with Gasteiger partial charge in [-0.15, -0.1) is 11.3 Å². The Morgan fingerprint density at radius 3 is 2.81 bits per heavy atom. The Kier molecular flexibility index (Phi) is 5.69. The second-order valence-corrected chi connectivity index (χ2v) is 8.79. The molecule has 1 amide bonds. The van der Waals surface area contributed by atoms with Gasteiger partial charge in [0.15, 0.2) is 5.69 Å². The molecule has 7 nitrogen and oxygen atoms in total. The first kappa shape index (κ1) is 20.1. The van der Waals surface area contributed by atoms with Gasteiger partial charge in [-0.3, -0.25) is 9.69 Å². The lowest BCUT2D eigenvalue weighted by Crippen LogP contribution is -2.46. The van der Waals surface area contributed by atoms with Crippen LogP contribution in [0.25, 0.3) is 0 Å². The number of piperazine rings is 1. The van der Waals surface area contributed by atoms with E-state index in [2.05, 4.69) is 19.8 Å². The highest BCUT2D eigenvalue weighted by Crippen LogP contribution is 2.34. The zero-order chi connectivity index (χ0) is 21.2. The van der Waals surface area contributed by atoms with Crippen molar-refractivity contribution in [3.05, 3.63) is 64.5 Å². The van der Waals surface area contributed by atoms with Crippen LogP contribution in [0.3, 0.4) is 0 Å². The Morgan fingerprint density at radius 1 is 1.19 bits per heavy atom. The third kappa shape index (κ3) is 4.20. The third-order valence-corrected chi connectivity index (χ3v) is 6.82. The number of para-hydroxylation sites is 1. The van der Waals surface area contributed by atoms with Gasteiger partial charge in [0.1, 0.15) is 17.1 Å². The summed E-state index contributed by atoms with van der Waals surface area (Å²) in [5.74, 6) is 0.245. The predicted octanol–water partition coefficient (Wildman–Crippen LogP) is 3.57. The van der Waals surface area contributed by atoms with Crippen molar-refractivity contribution in [2.45, 2.75) is 25.4 Å². The molecule has 5 rings (SSSR count). The SMILES string of the molecule is O=C(c1coc(CN2CCN(c3ccccc3F)CC2)n1)N1CCC[C@@H]1c1nccs1. The van der Waals surface area contributed by atoms with Crippen LogP contribution in [0.2, 0.25) is 0 Å².